The summed E-state index contributed by atoms with van der Waals surface area (Å²) in [5.41, 5.74) is 1.00. The zero-order valence-electron chi connectivity index (χ0n) is 16.0. The Hall–Kier alpha value is -2.84. The summed E-state index contributed by atoms with van der Waals surface area (Å²) in [6, 6.07) is 11.8. The molecular weight excluding hydrogens is 392 g/mol. The van der Waals surface area contributed by atoms with Gasteiger partial charge in [0.2, 0.25) is 10.0 Å². The molecule has 8 heteroatoms. The second-order valence-corrected chi connectivity index (χ2v) is 9.10. The van der Waals surface area contributed by atoms with Crippen LogP contribution in [-0.4, -0.2) is 36.5 Å². The number of ketones is 1. The Labute approximate surface area is 169 Å². The molecule has 1 aliphatic heterocycles. The molecule has 1 saturated heterocycles. The first-order valence-electron chi connectivity index (χ1n) is 9.34. The summed E-state index contributed by atoms with van der Waals surface area (Å²) < 4.78 is 27.0. The predicted octanol–water partition coefficient (Wildman–Crippen LogP) is 3.91. The van der Waals surface area contributed by atoms with Crippen LogP contribution < -0.4 is 0 Å². The summed E-state index contributed by atoms with van der Waals surface area (Å²) in [7, 11) is -3.55. The van der Waals surface area contributed by atoms with Gasteiger partial charge in [0.1, 0.15) is 0 Å². The van der Waals surface area contributed by atoms with Crippen molar-refractivity contribution in [3.63, 3.8) is 0 Å². The molecule has 0 aliphatic carbocycles. The molecule has 0 atom stereocenters. The van der Waals surface area contributed by atoms with Gasteiger partial charge in [0.05, 0.1) is 9.82 Å². The van der Waals surface area contributed by atoms with Crippen LogP contribution in [0.4, 0.5) is 5.69 Å². The highest BCUT2D eigenvalue weighted by Crippen LogP contribution is 2.23. The van der Waals surface area contributed by atoms with Gasteiger partial charge in [0, 0.05) is 30.8 Å². The lowest BCUT2D eigenvalue weighted by atomic mass is 10.0. The van der Waals surface area contributed by atoms with Crippen molar-refractivity contribution < 1.29 is 18.1 Å². The Bertz CT molecular complexity index is 1020. The minimum Gasteiger partial charge on any atom is -0.289 e. The molecule has 0 saturated carbocycles. The quantitative estimate of drug-likeness (QED) is 0.309. The summed E-state index contributed by atoms with van der Waals surface area (Å²) >= 11 is 0. The Morgan fingerprint density at radius 1 is 1.07 bits per heavy atom. The lowest BCUT2D eigenvalue weighted by molar-refractivity contribution is -0.384. The summed E-state index contributed by atoms with van der Waals surface area (Å²) in [5.74, 6) is 0.253. The number of nitro benzene ring substituents is 1. The molecule has 0 amide bonds. The third-order valence-corrected chi connectivity index (χ3v) is 6.96. The molecule has 152 valence electrons. The number of non-ortho nitro benzene ring substituents is 1. The molecule has 0 unspecified atom stereocenters. The molecule has 3 rings (SSSR count). The highest BCUT2D eigenvalue weighted by atomic mass is 32.2. The third kappa shape index (κ3) is 4.96. The summed E-state index contributed by atoms with van der Waals surface area (Å²) in [6.07, 6.45) is 4.62. The number of nitrogens with zero attached hydrogens (tertiary/aromatic N) is 2. The fourth-order valence-electron chi connectivity index (χ4n) is 3.14. The lowest BCUT2D eigenvalue weighted by Crippen LogP contribution is -2.37. The zero-order chi connectivity index (χ0) is 21.0. The van der Waals surface area contributed by atoms with Crippen LogP contribution in [0.1, 0.15) is 35.7 Å². The minimum atomic E-state index is -3.55. The topological polar surface area (TPSA) is 97.6 Å². The third-order valence-electron chi connectivity index (χ3n) is 5.05. The van der Waals surface area contributed by atoms with Gasteiger partial charge < -0.3 is 0 Å². The average molecular weight is 414 g/mol. The van der Waals surface area contributed by atoms with E-state index in [1.807, 2.05) is 0 Å². The molecule has 2 aromatic carbocycles. The van der Waals surface area contributed by atoms with E-state index in [0.29, 0.717) is 30.1 Å². The summed E-state index contributed by atoms with van der Waals surface area (Å²) in [5, 5.41) is 10.7. The van der Waals surface area contributed by atoms with Gasteiger partial charge in [-0.15, -0.1) is 0 Å². The highest BCUT2D eigenvalue weighted by Gasteiger charge is 2.27. The first-order valence-corrected chi connectivity index (χ1v) is 10.8. The number of carbonyl (C=O) groups excluding carboxylic acids is 1. The van der Waals surface area contributed by atoms with Crippen LogP contribution in [0, 0.1) is 16.0 Å². The second-order valence-electron chi connectivity index (χ2n) is 7.16. The van der Waals surface area contributed by atoms with Crippen molar-refractivity contribution in [2.24, 2.45) is 5.92 Å². The molecule has 1 heterocycles. The number of hydrogen-bond donors (Lipinski definition) is 0. The maximum Gasteiger partial charge on any atom is 0.269 e. The van der Waals surface area contributed by atoms with E-state index in [2.05, 4.69) is 6.92 Å². The lowest BCUT2D eigenvalue weighted by Gasteiger charge is -2.29. The number of sulfonamides is 1. The van der Waals surface area contributed by atoms with Crippen molar-refractivity contribution >= 4 is 27.6 Å². The summed E-state index contributed by atoms with van der Waals surface area (Å²) in [4.78, 5) is 22.7. The van der Waals surface area contributed by atoms with E-state index >= 15 is 0 Å². The van der Waals surface area contributed by atoms with Gasteiger partial charge in [-0.1, -0.05) is 13.0 Å². The first-order chi connectivity index (χ1) is 13.8. The van der Waals surface area contributed by atoms with Crippen LogP contribution in [0.3, 0.4) is 0 Å². The second kappa shape index (κ2) is 8.67. The average Bonchev–Trinajstić information content (AvgIpc) is 2.72. The van der Waals surface area contributed by atoms with E-state index in [4.69, 9.17) is 0 Å². The first kappa shape index (κ1) is 20.9. The molecule has 1 fully saturated rings. The Kier molecular flexibility index (Phi) is 6.24. The maximum atomic E-state index is 12.7. The Morgan fingerprint density at radius 3 is 2.21 bits per heavy atom. The smallest absolute Gasteiger partial charge is 0.269 e. The zero-order valence-corrected chi connectivity index (χ0v) is 16.8. The molecule has 7 nitrogen and oxygen atoms in total. The number of hydrogen-bond acceptors (Lipinski definition) is 5. The molecule has 0 bridgehead atoms. The van der Waals surface area contributed by atoms with Gasteiger partial charge in [-0.3, -0.25) is 14.9 Å². The van der Waals surface area contributed by atoms with Gasteiger partial charge >= 0.3 is 0 Å². The van der Waals surface area contributed by atoms with Crippen LogP contribution >= 0.6 is 0 Å². The molecule has 0 radical (unpaired) electrons. The number of allylic oxidation sites excluding steroid dienone is 1. The molecule has 0 N–H and O–H groups in total. The molecule has 0 spiro atoms. The highest BCUT2D eigenvalue weighted by molar-refractivity contribution is 7.89. The van der Waals surface area contributed by atoms with Crippen LogP contribution in [0.25, 0.3) is 6.08 Å². The minimum absolute atomic E-state index is 0.0200. The Morgan fingerprint density at radius 2 is 1.66 bits per heavy atom. The van der Waals surface area contributed by atoms with E-state index in [1.54, 1.807) is 18.2 Å². The molecular formula is C21H22N2O5S. The fraction of sp³-hybridized carbons (Fsp3) is 0.286. The van der Waals surface area contributed by atoms with E-state index in [0.717, 1.165) is 12.8 Å². The van der Waals surface area contributed by atoms with Gasteiger partial charge in [0.15, 0.2) is 5.78 Å². The van der Waals surface area contributed by atoms with E-state index in [9.17, 15) is 23.3 Å². The van der Waals surface area contributed by atoms with Crippen LogP contribution in [-0.2, 0) is 10.0 Å². The van der Waals surface area contributed by atoms with E-state index in [1.165, 1.54) is 46.8 Å². The standard InChI is InChI=1S/C21H22N2O5S/c1-16-12-14-22(15-13-16)29(27,28)20-9-5-18(6-10-20)21(24)11-4-17-2-7-19(8-3-17)23(25)26/h2-11,16H,12-15H2,1H3. The normalized spacial score (nSPS) is 16.2. The Balaban J connectivity index is 1.69. The van der Waals surface area contributed by atoms with Crippen LogP contribution in [0.15, 0.2) is 59.5 Å². The number of carbonyl (C=O) groups is 1. The number of nitro groups is 1. The molecule has 2 aromatic rings. The summed E-state index contributed by atoms with van der Waals surface area (Å²) in [6.45, 7) is 3.15. The van der Waals surface area contributed by atoms with Crippen LogP contribution in [0.5, 0.6) is 0 Å². The van der Waals surface area contributed by atoms with Gasteiger partial charge in [0.25, 0.3) is 5.69 Å². The monoisotopic (exact) mass is 414 g/mol. The van der Waals surface area contributed by atoms with Gasteiger partial charge in [-0.25, -0.2) is 8.42 Å². The van der Waals surface area contributed by atoms with Crippen molar-refractivity contribution in [2.75, 3.05) is 13.1 Å². The van der Waals surface area contributed by atoms with Crippen molar-refractivity contribution in [1.29, 1.82) is 0 Å². The molecule has 1 aliphatic rings. The van der Waals surface area contributed by atoms with Gasteiger partial charge in [-0.2, -0.15) is 4.31 Å². The maximum absolute atomic E-state index is 12.7. The van der Waals surface area contributed by atoms with Gasteiger partial charge in [-0.05, 0) is 66.8 Å². The SMILES string of the molecule is CC1CCN(S(=O)(=O)c2ccc(C(=O)C=Cc3ccc([N+](=O)[O-])cc3)cc2)CC1. The number of benzene rings is 2. The van der Waals surface area contributed by atoms with Crippen molar-refractivity contribution in [3.05, 3.63) is 75.8 Å². The van der Waals surface area contributed by atoms with Crippen molar-refractivity contribution in [2.45, 2.75) is 24.7 Å². The molecule has 0 aromatic heterocycles. The fourth-order valence-corrected chi connectivity index (χ4v) is 4.61. The van der Waals surface area contributed by atoms with Crippen molar-refractivity contribution in [1.82, 2.24) is 4.31 Å². The largest absolute Gasteiger partial charge is 0.289 e. The number of rotatable bonds is 6. The van der Waals surface area contributed by atoms with E-state index in [-0.39, 0.29) is 16.4 Å². The molecule has 29 heavy (non-hydrogen) atoms. The van der Waals surface area contributed by atoms with E-state index < -0.39 is 14.9 Å². The number of piperidine rings is 1. The van der Waals surface area contributed by atoms with Crippen molar-refractivity contribution in [3.8, 4) is 0 Å². The predicted molar refractivity (Wildman–Crippen MR) is 110 cm³/mol. The van der Waals surface area contributed by atoms with Crippen LogP contribution in [0.2, 0.25) is 0 Å².